The van der Waals surface area contributed by atoms with E-state index in [-0.39, 0.29) is 6.42 Å². The van der Waals surface area contributed by atoms with Crippen LogP contribution in [-0.4, -0.2) is 107 Å². The molecular formula is C55H105NO12S. The molecule has 0 saturated carbocycles. The van der Waals surface area contributed by atoms with Crippen molar-refractivity contribution in [3.63, 3.8) is 0 Å². The Labute approximate surface area is 421 Å². The molecule has 1 heterocycles. The molecule has 7 N–H and O–H groups in total. The van der Waals surface area contributed by atoms with Gasteiger partial charge in [-0.2, -0.15) is 8.42 Å². The average Bonchev–Trinajstić information content (AvgIpc) is 3.32. The SMILES string of the molecule is CCCCCCCCCCCCCCC/C=C\C/C=C\CCCCCCCCCCCCCCCCCCC(O)C(=O)NC(COC1OC(CO)C(O)C(OS(=O)(=O)O)C1O)C(O)CCCCCC. The molecular weight excluding hydrogens is 899 g/mol. The number of ether oxygens (including phenoxy) is 2. The molecule has 0 aromatic carbocycles. The van der Waals surface area contributed by atoms with Crippen LogP contribution in [0.4, 0.5) is 0 Å². The molecule has 14 heteroatoms. The minimum absolute atomic E-state index is 0.260. The lowest BCUT2D eigenvalue weighted by Gasteiger charge is -2.41. The highest BCUT2D eigenvalue weighted by molar-refractivity contribution is 7.80. The van der Waals surface area contributed by atoms with Gasteiger partial charge in [0, 0.05) is 0 Å². The minimum atomic E-state index is -5.10. The van der Waals surface area contributed by atoms with E-state index in [0.717, 1.165) is 44.9 Å². The summed E-state index contributed by atoms with van der Waals surface area (Å²) >= 11 is 0. The van der Waals surface area contributed by atoms with E-state index in [1.165, 1.54) is 173 Å². The molecule has 408 valence electrons. The zero-order valence-electron chi connectivity index (χ0n) is 43.8. The summed E-state index contributed by atoms with van der Waals surface area (Å²) in [6.45, 7) is 3.14. The number of rotatable bonds is 49. The first-order valence-electron chi connectivity index (χ1n) is 28.3. The highest BCUT2D eigenvalue weighted by atomic mass is 32.3. The number of aliphatic hydroxyl groups excluding tert-OH is 5. The van der Waals surface area contributed by atoms with E-state index in [9.17, 15) is 38.7 Å². The van der Waals surface area contributed by atoms with Crippen molar-refractivity contribution in [2.75, 3.05) is 13.2 Å². The Hall–Kier alpha value is -1.46. The lowest BCUT2D eigenvalue weighted by Crippen LogP contribution is -2.61. The highest BCUT2D eigenvalue weighted by Crippen LogP contribution is 2.26. The molecule has 1 fully saturated rings. The summed E-state index contributed by atoms with van der Waals surface area (Å²) in [5, 5.41) is 54.9. The number of hydrogen-bond acceptors (Lipinski definition) is 11. The van der Waals surface area contributed by atoms with Crippen LogP contribution in [0.5, 0.6) is 0 Å². The molecule has 69 heavy (non-hydrogen) atoms. The van der Waals surface area contributed by atoms with Gasteiger partial charge in [0.25, 0.3) is 0 Å². The zero-order valence-corrected chi connectivity index (χ0v) is 44.6. The fourth-order valence-corrected chi connectivity index (χ4v) is 9.65. The van der Waals surface area contributed by atoms with E-state index in [1.54, 1.807) is 0 Å². The zero-order chi connectivity index (χ0) is 50.6. The van der Waals surface area contributed by atoms with Crippen molar-refractivity contribution in [3.8, 4) is 0 Å². The summed E-state index contributed by atoms with van der Waals surface area (Å²) in [6.07, 6.45) is 43.7. The lowest BCUT2D eigenvalue weighted by atomic mass is 9.99. The first kappa shape index (κ1) is 65.6. The fourth-order valence-electron chi connectivity index (χ4n) is 9.15. The van der Waals surface area contributed by atoms with Gasteiger partial charge in [0.15, 0.2) is 6.29 Å². The monoisotopic (exact) mass is 1000 g/mol. The Morgan fingerprint density at radius 3 is 1.39 bits per heavy atom. The van der Waals surface area contributed by atoms with Gasteiger partial charge in [-0.3, -0.25) is 9.35 Å². The molecule has 0 aliphatic carbocycles. The lowest BCUT2D eigenvalue weighted by molar-refractivity contribution is -0.298. The van der Waals surface area contributed by atoms with Crippen molar-refractivity contribution in [1.29, 1.82) is 0 Å². The van der Waals surface area contributed by atoms with Crippen molar-refractivity contribution in [2.45, 2.75) is 307 Å². The second-order valence-electron chi connectivity index (χ2n) is 20.0. The Morgan fingerprint density at radius 2 is 0.971 bits per heavy atom. The van der Waals surface area contributed by atoms with Crippen LogP contribution in [0.1, 0.15) is 258 Å². The molecule has 0 aromatic heterocycles. The standard InChI is InChI=1S/C55H105NO12S/c1-3-5-7-9-10-11-12-13-14-15-16-17-18-19-20-21-22-23-24-25-26-27-28-29-30-31-32-33-34-35-36-37-38-39-40-42-44-49(59)54(62)56-47(48(58)43-41-8-6-4-2)46-66-55-52(61)53(68-69(63,64)65)51(60)50(45-57)67-55/h20-21,23-24,47-53,55,57-61H,3-19,22,25-46H2,1-2H3,(H,56,62)(H,63,64,65)/b21-20-,24-23-. The number of allylic oxidation sites excluding steroid dienone is 4. The molecule has 0 bridgehead atoms. The fraction of sp³-hybridized carbons (Fsp3) is 0.909. The summed E-state index contributed by atoms with van der Waals surface area (Å²) in [5.74, 6) is -0.676. The van der Waals surface area contributed by atoms with Gasteiger partial charge in [-0.25, -0.2) is 4.18 Å². The average molecular weight is 1000 g/mol. The Bertz CT molecular complexity index is 1340. The molecule has 1 rings (SSSR count). The molecule has 0 radical (unpaired) electrons. The van der Waals surface area contributed by atoms with Crippen molar-refractivity contribution >= 4 is 16.3 Å². The van der Waals surface area contributed by atoms with E-state index in [4.69, 9.17) is 14.0 Å². The molecule has 1 aliphatic heterocycles. The first-order valence-corrected chi connectivity index (χ1v) is 29.7. The van der Waals surface area contributed by atoms with Crippen LogP contribution in [0, 0.1) is 0 Å². The van der Waals surface area contributed by atoms with E-state index >= 15 is 0 Å². The number of hydrogen-bond donors (Lipinski definition) is 7. The van der Waals surface area contributed by atoms with E-state index < -0.39 is 78.5 Å². The number of carbonyl (C=O) groups excluding carboxylic acids is 1. The van der Waals surface area contributed by atoms with Gasteiger partial charge in [0.05, 0.1) is 25.4 Å². The molecule has 13 nitrogen and oxygen atoms in total. The molecule has 1 amide bonds. The molecule has 0 spiro atoms. The summed E-state index contributed by atoms with van der Waals surface area (Å²) in [7, 11) is -5.10. The van der Waals surface area contributed by atoms with Gasteiger partial charge in [-0.05, 0) is 44.9 Å². The quantitative estimate of drug-likeness (QED) is 0.0172. The van der Waals surface area contributed by atoms with E-state index in [0.29, 0.717) is 19.3 Å². The third kappa shape index (κ3) is 37.0. The van der Waals surface area contributed by atoms with Crippen LogP contribution in [0.3, 0.4) is 0 Å². The minimum Gasteiger partial charge on any atom is -0.394 e. The Kier molecular flexibility index (Phi) is 42.9. The second-order valence-corrected chi connectivity index (χ2v) is 21.1. The maximum atomic E-state index is 13.0. The van der Waals surface area contributed by atoms with Crippen LogP contribution >= 0.6 is 0 Å². The van der Waals surface area contributed by atoms with E-state index in [2.05, 4.69) is 47.7 Å². The largest absolute Gasteiger partial charge is 0.397 e. The maximum Gasteiger partial charge on any atom is 0.397 e. The number of carbonyl (C=O) groups is 1. The smallest absolute Gasteiger partial charge is 0.394 e. The third-order valence-electron chi connectivity index (χ3n) is 13.6. The van der Waals surface area contributed by atoms with Crippen LogP contribution in [0.15, 0.2) is 24.3 Å². The van der Waals surface area contributed by atoms with Crippen molar-refractivity contribution in [2.24, 2.45) is 0 Å². The van der Waals surface area contributed by atoms with Crippen LogP contribution in [0.25, 0.3) is 0 Å². The molecule has 8 atom stereocenters. The first-order chi connectivity index (χ1) is 33.4. The van der Waals surface area contributed by atoms with Crippen LogP contribution in [0.2, 0.25) is 0 Å². The van der Waals surface area contributed by atoms with Gasteiger partial charge >= 0.3 is 10.4 Å². The van der Waals surface area contributed by atoms with Crippen molar-refractivity contribution in [1.82, 2.24) is 5.32 Å². The predicted molar refractivity (Wildman–Crippen MR) is 279 cm³/mol. The topological polar surface area (TPSA) is 212 Å². The van der Waals surface area contributed by atoms with Gasteiger partial charge < -0.3 is 40.3 Å². The number of amides is 1. The predicted octanol–water partition coefficient (Wildman–Crippen LogP) is 11.8. The van der Waals surface area contributed by atoms with Crippen LogP contribution < -0.4 is 5.32 Å². The van der Waals surface area contributed by atoms with Gasteiger partial charge in [0.1, 0.15) is 30.5 Å². The third-order valence-corrected chi connectivity index (χ3v) is 14.1. The maximum absolute atomic E-state index is 13.0. The van der Waals surface area contributed by atoms with Gasteiger partial charge in [0.2, 0.25) is 5.91 Å². The van der Waals surface area contributed by atoms with E-state index in [1.807, 2.05) is 0 Å². The Balaban J connectivity index is 2.07. The molecule has 1 saturated heterocycles. The summed E-state index contributed by atoms with van der Waals surface area (Å²) in [6, 6.07) is -1.03. The molecule has 1 aliphatic rings. The second kappa shape index (κ2) is 45.2. The number of nitrogens with one attached hydrogen (secondary N) is 1. The molecule has 0 aromatic rings. The van der Waals surface area contributed by atoms with Crippen LogP contribution in [-0.2, 0) is 28.9 Å². The summed E-state index contributed by atoms with van der Waals surface area (Å²) in [4.78, 5) is 13.0. The number of unbranched alkanes of at least 4 members (excludes halogenated alkanes) is 32. The summed E-state index contributed by atoms with van der Waals surface area (Å²) < 4.78 is 47.3. The number of aliphatic hydroxyl groups is 5. The molecule has 8 unspecified atom stereocenters. The van der Waals surface area contributed by atoms with Gasteiger partial charge in [-0.1, -0.05) is 237 Å². The Morgan fingerprint density at radius 1 is 0.580 bits per heavy atom. The van der Waals surface area contributed by atoms with Crippen molar-refractivity contribution < 1.29 is 57.0 Å². The summed E-state index contributed by atoms with van der Waals surface area (Å²) in [5.41, 5.74) is 0. The highest BCUT2D eigenvalue weighted by Gasteiger charge is 2.48. The normalized spacial score (nSPS) is 20.3. The van der Waals surface area contributed by atoms with Gasteiger partial charge in [-0.15, -0.1) is 0 Å². The van der Waals surface area contributed by atoms with Crippen molar-refractivity contribution in [3.05, 3.63) is 24.3 Å².